The van der Waals surface area contributed by atoms with E-state index in [1.807, 2.05) is 0 Å². The molecular formula is C8H12N2O4. The molecule has 1 unspecified atom stereocenters. The van der Waals surface area contributed by atoms with Crippen LogP contribution >= 0.6 is 0 Å². The summed E-state index contributed by atoms with van der Waals surface area (Å²) >= 11 is 0. The van der Waals surface area contributed by atoms with Crippen LogP contribution in [0.2, 0.25) is 0 Å². The van der Waals surface area contributed by atoms with Gasteiger partial charge in [-0.15, -0.1) is 0 Å². The highest BCUT2D eigenvalue weighted by Crippen LogP contribution is 2.04. The second-order valence-corrected chi connectivity index (χ2v) is 3.04. The van der Waals surface area contributed by atoms with Gasteiger partial charge in [0.1, 0.15) is 19.2 Å². The minimum absolute atomic E-state index is 0.0882. The van der Waals surface area contributed by atoms with Gasteiger partial charge in [0.2, 0.25) is 17.7 Å². The van der Waals surface area contributed by atoms with Gasteiger partial charge in [-0.1, -0.05) is 0 Å². The molecule has 0 bridgehead atoms. The smallest absolute Gasteiger partial charge is 0.249 e. The third kappa shape index (κ3) is 2.08. The fraction of sp³-hybridized carbons (Fsp3) is 0.625. The van der Waals surface area contributed by atoms with Gasteiger partial charge < -0.3 is 9.64 Å². The number of carbonyl (C=O) groups excluding carboxylic acids is 3. The van der Waals surface area contributed by atoms with Gasteiger partial charge >= 0.3 is 0 Å². The first kappa shape index (κ1) is 10.6. The van der Waals surface area contributed by atoms with Crippen LogP contribution in [0.1, 0.15) is 6.92 Å². The molecule has 1 atom stereocenters. The zero-order chi connectivity index (χ0) is 10.7. The van der Waals surface area contributed by atoms with Crippen LogP contribution in [0.3, 0.4) is 0 Å². The van der Waals surface area contributed by atoms with Crippen LogP contribution in [0.25, 0.3) is 0 Å². The Bertz CT molecular complexity index is 277. The van der Waals surface area contributed by atoms with Gasteiger partial charge in [0, 0.05) is 7.11 Å². The number of amides is 3. The van der Waals surface area contributed by atoms with E-state index in [1.165, 1.54) is 12.0 Å². The van der Waals surface area contributed by atoms with Crippen molar-refractivity contribution in [3.63, 3.8) is 0 Å². The molecule has 3 amide bonds. The van der Waals surface area contributed by atoms with Crippen molar-refractivity contribution >= 4 is 17.7 Å². The van der Waals surface area contributed by atoms with Gasteiger partial charge in [-0.3, -0.25) is 19.7 Å². The molecular weight excluding hydrogens is 188 g/mol. The lowest BCUT2D eigenvalue weighted by molar-refractivity contribution is -0.151. The fourth-order valence-electron chi connectivity index (χ4n) is 1.23. The van der Waals surface area contributed by atoms with E-state index in [1.54, 1.807) is 6.92 Å². The van der Waals surface area contributed by atoms with Crippen LogP contribution in [0, 0.1) is 0 Å². The van der Waals surface area contributed by atoms with Crippen molar-refractivity contribution in [2.24, 2.45) is 0 Å². The highest BCUT2D eigenvalue weighted by Gasteiger charge is 2.33. The van der Waals surface area contributed by atoms with E-state index in [9.17, 15) is 14.4 Å². The minimum Gasteiger partial charge on any atom is -0.375 e. The number of piperazine rings is 1. The molecule has 0 aromatic heterocycles. The summed E-state index contributed by atoms with van der Waals surface area (Å²) in [5.74, 6) is -1.27. The summed E-state index contributed by atoms with van der Waals surface area (Å²) in [4.78, 5) is 34.7. The van der Waals surface area contributed by atoms with Crippen molar-refractivity contribution in [3.8, 4) is 0 Å². The predicted molar refractivity (Wildman–Crippen MR) is 46.2 cm³/mol. The number of imide groups is 1. The van der Waals surface area contributed by atoms with Crippen molar-refractivity contribution in [2.75, 3.05) is 20.3 Å². The molecule has 1 N–H and O–H groups in total. The van der Waals surface area contributed by atoms with Crippen molar-refractivity contribution in [3.05, 3.63) is 0 Å². The van der Waals surface area contributed by atoms with E-state index in [0.29, 0.717) is 0 Å². The maximum atomic E-state index is 11.4. The lowest BCUT2D eigenvalue weighted by Gasteiger charge is -2.31. The number of nitrogens with one attached hydrogen (secondary N) is 1. The molecule has 0 radical (unpaired) electrons. The van der Waals surface area contributed by atoms with E-state index in [0.717, 1.165) is 0 Å². The topological polar surface area (TPSA) is 75.7 Å². The summed E-state index contributed by atoms with van der Waals surface area (Å²) in [6, 6.07) is -0.615. The fourth-order valence-corrected chi connectivity index (χ4v) is 1.23. The Kier molecular flexibility index (Phi) is 3.19. The normalized spacial score (nSPS) is 22.1. The number of ether oxygens (including phenoxy) is 1. The molecule has 14 heavy (non-hydrogen) atoms. The first-order valence-corrected chi connectivity index (χ1v) is 4.18. The van der Waals surface area contributed by atoms with Crippen LogP contribution in [0.15, 0.2) is 0 Å². The monoisotopic (exact) mass is 200 g/mol. The molecule has 1 saturated heterocycles. The molecule has 1 rings (SSSR count). The molecule has 6 nitrogen and oxygen atoms in total. The molecule has 6 heteroatoms. The summed E-state index contributed by atoms with van der Waals surface area (Å²) in [7, 11) is 1.38. The highest BCUT2D eigenvalue weighted by atomic mass is 16.5. The molecule has 1 heterocycles. The highest BCUT2D eigenvalue weighted by molar-refractivity contribution is 6.04. The second kappa shape index (κ2) is 4.19. The maximum Gasteiger partial charge on any atom is 0.249 e. The summed E-state index contributed by atoms with van der Waals surface area (Å²) < 4.78 is 4.64. The number of rotatable bonds is 2. The third-order valence-corrected chi connectivity index (χ3v) is 2.01. The summed E-state index contributed by atoms with van der Waals surface area (Å²) in [5, 5.41) is 2.14. The molecule has 0 aliphatic carbocycles. The second-order valence-electron chi connectivity index (χ2n) is 3.04. The number of carbonyl (C=O) groups is 3. The van der Waals surface area contributed by atoms with E-state index in [-0.39, 0.29) is 19.1 Å². The third-order valence-electron chi connectivity index (χ3n) is 2.01. The van der Waals surface area contributed by atoms with E-state index in [2.05, 4.69) is 10.1 Å². The van der Waals surface area contributed by atoms with E-state index >= 15 is 0 Å². The van der Waals surface area contributed by atoms with Crippen LogP contribution in [0.4, 0.5) is 0 Å². The van der Waals surface area contributed by atoms with E-state index < -0.39 is 17.9 Å². The Hall–Kier alpha value is -1.43. The molecule has 0 spiro atoms. The first-order chi connectivity index (χ1) is 6.56. The van der Waals surface area contributed by atoms with E-state index in [4.69, 9.17) is 0 Å². The van der Waals surface area contributed by atoms with Crippen LogP contribution in [-0.4, -0.2) is 48.9 Å². The standard InChI is InChI=1S/C8H12N2O4/c1-5-8(13)9-6(11)3-10(5)7(12)4-14-2/h5H,3-4H2,1-2H3,(H,9,11,13). The largest absolute Gasteiger partial charge is 0.375 e. The lowest BCUT2D eigenvalue weighted by atomic mass is 10.2. The van der Waals surface area contributed by atoms with Crippen molar-refractivity contribution in [1.29, 1.82) is 0 Å². The Morgan fingerprint density at radius 2 is 2.29 bits per heavy atom. The van der Waals surface area contributed by atoms with Crippen molar-refractivity contribution < 1.29 is 19.1 Å². The van der Waals surface area contributed by atoms with Crippen molar-refractivity contribution in [2.45, 2.75) is 13.0 Å². The molecule has 0 aromatic rings. The van der Waals surface area contributed by atoms with Crippen LogP contribution in [-0.2, 0) is 19.1 Å². The molecule has 0 saturated carbocycles. The zero-order valence-electron chi connectivity index (χ0n) is 8.07. The van der Waals surface area contributed by atoms with Crippen LogP contribution in [0.5, 0.6) is 0 Å². The predicted octanol–water partition coefficient (Wildman–Crippen LogP) is -1.49. The number of hydrogen-bond donors (Lipinski definition) is 1. The Morgan fingerprint density at radius 1 is 1.64 bits per heavy atom. The number of hydrogen-bond acceptors (Lipinski definition) is 4. The summed E-state index contributed by atoms with van der Waals surface area (Å²) in [6.45, 7) is 1.36. The molecule has 78 valence electrons. The summed E-state index contributed by atoms with van der Waals surface area (Å²) in [6.07, 6.45) is 0. The summed E-state index contributed by atoms with van der Waals surface area (Å²) in [5.41, 5.74) is 0. The van der Waals surface area contributed by atoms with Crippen molar-refractivity contribution in [1.82, 2.24) is 10.2 Å². The van der Waals surface area contributed by atoms with Crippen LogP contribution < -0.4 is 5.32 Å². The van der Waals surface area contributed by atoms with Gasteiger partial charge in [-0.25, -0.2) is 0 Å². The first-order valence-electron chi connectivity index (χ1n) is 4.18. The molecule has 1 fully saturated rings. The molecule has 1 aliphatic heterocycles. The van der Waals surface area contributed by atoms with Gasteiger partial charge in [-0.2, -0.15) is 0 Å². The Morgan fingerprint density at radius 3 is 2.86 bits per heavy atom. The molecule has 1 aliphatic rings. The Labute approximate surface area is 81.2 Å². The average Bonchev–Trinajstić information content (AvgIpc) is 2.11. The number of nitrogens with zero attached hydrogens (tertiary/aromatic N) is 1. The average molecular weight is 200 g/mol. The lowest BCUT2D eigenvalue weighted by Crippen LogP contribution is -2.59. The quantitative estimate of drug-likeness (QED) is 0.551. The Balaban J connectivity index is 2.71. The van der Waals surface area contributed by atoms with Gasteiger partial charge in [0.05, 0.1) is 0 Å². The van der Waals surface area contributed by atoms with Gasteiger partial charge in [-0.05, 0) is 6.92 Å². The SMILES string of the molecule is COCC(=O)N1CC(=O)NC(=O)C1C. The van der Waals surface area contributed by atoms with Gasteiger partial charge in [0.15, 0.2) is 0 Å². The zero-order valence-corrected chi connectivity index (χ0v) is 8.07. The number of methoxy groups -OCH3 is 1. The van der Waals surface area contributed by atoms with Gasteiger partial charge in [0.25, 0.3) is 0 Å². The molecule has 0 aromatic carbocycles. The maximum absolute atomic E-state index is 11.4. The minimum atomic E-state index is -0.615.